The van der Waals surface area contributed by atoms with Crippen LogP contribution in [0.5, 0.6) is 0 Å². The summed E-state index contributed by atoms with van der Waals surface area (Å²) in [6.07, 6.45) is 5.06. The predicted octanol–water partition coefficient (Wildman–Crippen LogP) is 0.345. The van der Waals surface area contributed by atoms with Gasteiger partial charge in [0.05, 0.1) is 6.33 Å². The Labute approximate surface area is 130 Å². The van der Waals surface area contributed by atoms with Gasteiger partial charge in [0.15, 0.2) is 0 Å². The van der Waals surface area contributed by atoms with E-state index in [2.05, 4.69) is 4.98 Å². The van der Waals surface area contributed by atoms with E-state index >= 15 is 0 Å². The van der Waals surface area contributed by atoms with Gasteiger partial charge in [0.25, 0.3) is 10.2 Å². The molecule has 1 saturated heterocycles. The van der Waals surface area contributed by atoms with Crippen molar-refractivity contribution in [1.82, 2.24) is 18.2 Å². The van der Waals surface area contributed by atoms with Crippen molar-refractivity contribution in [3.05, 3.63) is 18.7 Å². The number of aliphatic carboxylic acids is 1. The summed E-state index contributed by atoms with van der Waals surface area (Å²) < 4.78 is 29.3. The van der Waals surface area contributed by atoms with Gasteiger partial charge in [-0.2, -0.15) is 17.0 Å². The SMILES string of the molecule is CCN(CC)S(=O)(=O)N1CCC(C(=O)O)(n2ccnc2)CC1. The third kappa shape index (κ3) is 2.75. The first kappa shape index (κ1) is 16.9. The van der Waals surface area contributed by atoms with E-state index in [9.17, 15) is 18.3 Å². The lowest BCUT2D eigenvalue weighted by Crippen LogP contribution is -2.54. The highest BCUT2D eigenvalue weighted by Gasteiger charge is 2.45. The zero-order valence-electron chi connectivity index (χ0n) is 12.8. The second kappa shape index (κ2) is 6.35. The number of carboxylic acid groups (broad SMARTS) is 1. The first-order valence-corrected chi connectivity index (χ1v) is 8.75. The van der Waals surface area contributed by atoms with Crippen molar-refractivity contribution in [3.63, 3.8) is 0 Å². The van der Waals surface area contributed by atoms with E-state index in [4.69, 9.17) is 0 Å². The molecule has 0 radical (unpaired) electrons. The van der Waals surface area contributed by atoms with Crippen LogP contribution in [0, 0.1) is 0 Å². The molecule has 9 heteroatoms. The predicted molar refractivity (Wildman–Crippen MR) is 80.5 cm³/mol. The van der Waals surface area contributed by atoms with E-state index < -0.39 is 21.7 Å². The number of carboxylic acids is 1. The van der Waals surface area contributed by atoms with Crippen LogP contribution in [-0.4, -0.2) is 63.8 Å². The Morgan fingerprint density at radius 1 is 1.32 bits per heavy atom. The van der Waals surface area contributed by atoms with Gasteiger partial charge in [-0.3, -0.25) is 0 Å². The monoisotopic (exact) mass is 330 g/mol. The molecule has 0 atom stereocenters. The van der Waals surface area contributed by atoms with E-state index in [1.165, 1.54) is 21.1 Å². The van der Waals surface area contributed by atoms with E-state index in [1.807, 2.05) is 0 Å². The fourth-order valence-corrected chi connectivity index (χ4v) is 4.52. The molecule has 0 amide bonds. The van der Waals surface area contributed by atoms with Crippen LogP contribution < -0.4 is 0 Å². The molecule has 0 bridgehead atoms. The maximum atomic E-state index is 12.5. The summed E-state index contributed by atoms with van der Waals surface area (Å²) in [4.78, 5) is 15.7. The van der Waals surface area contributed by atoms with Gasteiger partial charge < -0.3 is 9.67 Å². The molecule has 1 aromatic heterocycles. The second-order valence-corrected chi connectivity index (χ2v) is 7.23. The van der Waals surface area contributed by atoms with Crippen molar-refractivity contribution in [2.75, 3.05) is 26.2 Å². The number of rotatable bonds is 6. The van der Waals surface area contributed by atoms with Crippen molar-refractivity contribution >= 4 is 16.2 Å². The highest BCUT2D eigenvalue weighted by molar-refractivity contribution is 7.86. The number of piperidine rings is 1. The summed E-state index contributed by atoms with van der Waals surface area (Å²) >= 11 is 0. The number of nitrogens with zero attached hydrogens (tertiary/aromatic N) is 4. The summed E-state index contributed by atoms with van der Waals surface area (Å²) in [5, 5.41) is 9.62. The van der Waals surface area contributed by atoms with Gasteiger partial charge in [-0.15, -0.1) is 0 Å². The molecule has 2 heterocycles. The van der Waals surface area contributed by atoms with Gasteiger partial charge in [-0.25, -0.2) is 9.78 Å². The molecular weight excluding hydrogens is 308 g/mol. The molecule has 0 aromatic carbocycles. The summed E-state index contributed by atoms with van der Waals surface area (Å²) in [6, 6.07) is 0. The lowest BCUT2D eigenvalue weighted by Gasteiger charge is -2.40. The molecule has 1 N–H and O–H groups in total. The van der Waals surface area contributed by atoms with Crippen LogP contribution >= 0.6 is 0 Å². The lowest BCUT2D eigenvalue weighted by molar-refractivity contribution is -0.149. The maximum Gasteiger partial charge on any atom is 0.330 e. The molecule has 0 unspecified atom stereocenters. The van der Waals surface area contributed by atoms with Crippen LogP contribution in [0.4, 0.5) is 0 Å². The Kier molecular flexibility index (Phi) is 4.88. The minimum atomic E-state index is -3.52. The minimum absolute atomic E-state index is 0.184. The third-order valence-corrected chi connectivity index (χ3v) is 6.49. The molecule has 1 fully saturated rings. The standard InChI is InChI=1S/C13H22N4O4S/c1-3-16(4-2)22(20,21)17-8-5-13(6-9-17,12(18)19)15-10-7-14-11-15/h7,10-11H,3-6,8-9H2,1-2H3,(H,18,19). The molecule has 0 aliphatic carbocycles. The molecule has 0 spiro atoms. The second-order valence-electron chi connectivity index (χ2n) is 5.30. The Morgan fingerprint density at radius 3 is 2.32 bits per heavy atom. The number of hydrogen-bond donors (Lipinski definition) is 1. The number of carbonyl (C=O) groups is 1. The van der Waals surface area contributed by atoms with Crippen LogP contribution in [0.15, 0.2) is 18.7 Å². The van der Waals surface area contributed by atoms with Gasteiger partial charge in [0, 0.05) is 38.6 Å². The average Bonchev–Trinajstić information content (AvgIpc) is 3.02. The van der Waals surface area contributed by atoms with Crippen molar-refractivity contribution in [2.45, 2.75) is 32.2 Å². The quantitative estimate of drug-likeness (QED) is 0.812. The Balaban J connectivity index is 2.20. The van der Waals surface area contributed by atoms with E-state index in [0.29, 0.717) is 13.1 Å². The van der Waals surface area contributed by atoms with Crippen LogP contribution in [0.25, 0.3) is 0 Å². The summed E-state index contributed by atoms with van der Waals surface area (Å²) in [7, 11) is -3.52. The summed E-state index contributed by atoms with van der Waals surface area (Å²) in [6.45, 7) is 4.75. The molecule has 8 nitrogen and oxygen atoms in total. The number of aromatic nitrogens is 2. The molecule has 1 aliphatic heterocycles. The van der Waals surface area contributed by atoms with Crippen molar-refractivity contribution < 1.29 is 18.3 Å². The first-order chi connectivity index (χ1) is 10.4. The van der Waals surface area contributed by atoms with Crippen LogP contribution in [-0.2, 0) is 20.5 Å². The number of imidazole rings is 1. The van der Waals surface area contributed by atoms with Crippen LogP contribution in [0.2, 0.25) is 0 Å². The normalized spacial score (nSPS) is 19.4. The number of hydrogen-bond acceptors (Lipinski definition) is 4. The fourth-order valence-electron chi connectivity index (χ4n) is 2.89. The first-order valence-electron chi connectivity index (χ1n) is 7.35. The van der Waals surface area contributed by atoms with Gasteiger partial charge in [0.2, 0.25) is 0 Å². The smallest absolute Gasteiger partial charge is 0.330 e. The Morgan fingerprint density at radius 2 is 1.91 bits per heavy atom. The fraction of sp³-hybridized carbons (Fsp3) is 0.692. The van der Waals surface area contributed by atoms with Crippen LogP contribution in [0.3, 0.4) is 0 Å². The molecule has 2 rings (SSSR count). The highest BCUT2D eigenvalue weighted by Crippen LogP contribution is 2.32. The minimum Gasteiger partial charge on any atom is -0.479 e. The van der Waals surface area contributed by atoms with Gasteiger partial charge in [-0.1, -0.05) is 13.8 Å². The highest BCUT2D eigenvalue weighted by atomic mass is 32.2. The van der Waals surface area contributed by atoms with E-state index in [-0.39, 0.29) is 25.9 Å². The average molecular weight is 330 g/mol. The molecule has 124 valence electrons. The lowest BCUT2D eigenvalue weighted by atomic mass is 9.88. The topological polar surface area (TPSA) is 95.7 Å². The molecular formula is C13H22N4O4S. The largest absolute Gasteiger partial charge is 0.479 e. The van der Waals surface area contributed by atoms with Crippen LogP contribution in [0.1, 0.15) is 26.7 Å². The Bertz CT molecular complexity index is 602. The maximum absolute atomic E-state index is 12.5. The van der Waals surface area contributed by atoms with Crippen molar-refractivity contribution in [1.29, 1.82) is 0 Å². The Hall–Kier alpha value is -1.45. The summed E-state index contributed by atoms with van der Waals surface area (Å²) in [5.74, 6) is -0.953. The van der Waals surface area contributed by atoms with Gasteiger partial charge in [0.1, 0.15) is 5.54 Å². The third-order valence-electron chi connectivity index (χ3n) is 4.30. The van der Waals surface area contributed by atoms with E-state index in [1.54, 1.807) is 24.6 Å². The molecule has 0 saturated carbocycles. The molecule has 1 aromatic rings. The zero-order valence-corrected chi connectivity index (χ0v) is 13.7. The van der Waals surface area contributed by atoms with Gasteiger partial charge >= 0.3 is 5.97 Å². The zero-order chi connectivity index (χ0) is 16.4. The van der Waals surface area contributed by atoms with Gasteiger partial charge in [-0.05, 0) is 12.8 Å². The molecule has 22 heavy (non-hydrogen) atoms. The van der Waals surface area contributed by atoms with E-state index in [0.717, 1.165) is 0 Å². The van der Waals surface area contributed by atoms with Crippen molar-refractivity contribution in [2.24, 2.45) is 0 Å². The van der Waals surface area contributed by atoms with Crippen molar-refractivity contribution in [3.8, 4) is 0 Å². The summed E-state index contributed by atoms with van der Waals surface area (Å²) in [5.41, 5.74) is -1.12. The molecule has 1 aliphatic rings.